The molecule has 0 aliphatic rings. The van der Waals surface area contributed by atoms with Crippen LogP contribution in [0.3, 0.4) is 0 Å². The van der Waals surface area contributed by atoms with Crippen molar-refractivity contribution in [3.8, 4) is 5.69 Å². The molecule has 2 aromatic heterocycles. The zero-order chi connectivity index (χ0) is 21.4. The summed E-state index contributed by atoms with van der Waals surface area (Å²) in [6.07, 6.45) is 2.84. The van der Waals surface area contributed by atoms with Crippen LogP contribution < -0.4 is 11.2 Å². The van der Waals surface area contributed by atoms with E-state index in [9.17, 15) is 18.4 Å². The standard InChI is InChI=1S/C22H18F2N4O2/c1-3-10-27-21(29)19-20(25-13-26(19)12-15-6-4-14(2)5-7-15)28(22(27)30)18-9-8-16(23)11-17(18)24/h3-9,11,13H,1,10,12H2,2H3. The number of aromatic nitrogens is 4. The second-order valence-corrected chi connectivity index (χ2v) is 6.95. The Bertz CT molecular complexity index is 1380. The highest BCUT2D eigenvalue weighted by Gasteiger charge is 2.20. The molecule has 0 bridgehead atoms. The van der Waals surface area contributed by atoms with Gasteiger partial charge in [-0.2, -0.15) is 0 Å². The maximum atomic E-state index is 14.5. The fourth-order valence-corrected chi connectivity index (χ4v) is 3.36. The predicted octanol–water partition coefficient (Wildman–Crippen LogP) is 3.17. The minimum absolute atomic E-state index is 0.00271. The summed E-state index contributed by atoms with van der Waals surface area (Å²) in [6.45, 7) is 5.83. The van der Waals surface area contributed by atoms with Gasteiger partial charge in [0.1, 0.15) is 11.6 Å². The first kappa shape index (κ1) is 19.5. The number of imidazole rings is 1. The third-order valence-corrected chi connectivity index (χ3v) is 4.84. The molecule has 0 aliphatic heterocycles. The number of hydrogen-bond acceptors (Lipinski definition) is 3. The van der Waals surface area contributed by atoms with Crippen molar-refractivity contribution in [2.24, 2.45) is 0 Å². The van der Waals surface area contributed by atoms with Crippen LogP contribution in [0.1, 0.15) is 11.1 Å². The van der Waals surface area contributed by atoms with Gasteiger partial charge in [-0.05, 0) is 24.6 Å². The molecular weight excluding hydrogens is 390 g/mol. The number of aryl methyl sites for hydroxylation is 1. The molecule has 2 aromatic carbocycles. The van der Waals surface area contributed by atoms with Crippen LogP contribution in [-0.4, -0.2) is 18.7 Å². The van der Waals surface area contributed by atoms with Crippen molar-refractivity contribution >= 4 is 11.2 Å². The van der Waals surface area contributed by atoms with Crippen molar-refractivity contribution < 1.29 is 8.78 Å². The van der Waals surface area contributed by atoms with Gasteiger partial charge in [0.2, 0.25) is 0 Å². The number of benzene rings is 2. The molecular formula is C22H18F2N4O2. The maximum absolute atomic E-state index is 14.5. The summed E-state index contributed by atoms with van der Waals surface area (Å²) in [7, 11) is 0. The highest BCUT2D eigenvalue weighted by molar-refractivity contribution is 5.72. The molecule has 4 aromatic rings. The summed E-state index contributed by atoms with van der Waals surface area (Å²) in [5.41, 5.74) is 0.647. The smallest absolute Gasteiger partial charge is 0.320 e. The SMILES string of the molecule is C=CCn1c(=O)c2c(ncn2Cc2ccc(C)cc2)n(-c2ccc(F)cc2F)c1=O. The molecule has 0 saturated heterocycles. The second kappa shape index (κ2) is 7.55. The summed E-state index contributed by atoms with van der Waals surface area (Å²) >= 11 is 0. The molecule has 0 saturated carbocycles. The molecule has 4 rings (SSSR count). The number of hydrogen-bond donors (Lipinski definition) is 0. The topological polar surface area (TPSA) is 61.8 Å². The molecule has 0 fully saturated rings. The largest absolute Gasteiger partial charge is 0.337 e. The fourth-order valence-electron chi connectivity index (χ4n) is 3.36. The first-order valence-corrected chi connectivity index (χ1v) is 9.23. The van der Waals surface area contributed by atoms with Gasteiger partial charge in [0.25, 0.3) is 5.56 Å². The number of allylic oxidation sites excluding steroid dienone is 1. The van der Waals surface area contributed by atoms with Crippen LogP contribution in [-0.2, 0) is 13.1 Å². The highest BCUT2D eigenvalue weighted by Crippen LogP contribution is 2.18. The Morgan fingerprint density at radius 2 is 1.83 bits per heavy atom. The van der Waals surface area contributed by atoms with E-state index >= 15 is 0 Å². The zero-order valence-electron chi connectivity index (χ0n) is 16.2. The van der Waals surface area contributed by atoms with E-state index in [1.165, 1.54) is 12.4 Å². The molecule has 0 spiro atoms. The van der Waals surface area contributed by atoms with Crippen molar-refractivity contribution in [2.75, 3.05) is 0 Å². The molecule has 0 radical (unpaired) electrons. The Labute approximate surface area is 170 Å². The Morgan fingerprint density at radius 3 is 2.50 bits per heavy atom. The van der Waals surface area contributed by atoms with Crippen molar-refractivity contribution in [3.05, 3.63) is 105 Å². The molecule has 0 unspecified atom stereocenters. The summed E-state index contributed by atoms with van der Waals surface area (Å²) in [4.78, 5) is 30.3. The van der Waals surface area contributed by atoms with Gasteiger partial charge in [0.15, 0.2) is 11.2 Å². The summed E-state index contributed by atoms with van der Waals surface area (Å²) in [5, 5.41) is 0. The van der Waals surface area contributed by atoms with E-state index < -0.39 is 22.9 Å². The lowest BCUT2D eigenvalue weighted by Gasteiger charge is -2.12. The maximum Gasteiger partial charge on any atom is 0.337 e. The minimum Gasteiger partial charge on any atom is -0.320 e. The lowest BCUT2D eigenvalue weighted by atomic mass is 10.1. The zero-order valence-corrected chi connectivity index (χ0v) is 16.2. The number of halogens is 2. The molecule has 0 atom stereocenters. The number of nitrogens with zero attached hydrogens (tertiary/aromatic N) is 4. The van der Waals surface area contributed by atoms with Gasteiger partial charge in [-0.1, -0.05) is 35.9 Å². The first-order chi connectivity index (χ1) is 14.4. The third kappa shape index (κ3) is 3.26. The Kier molecular flexibility index (Phi) is 4.91. The monoisotopic (exact) mass is 408 g/mol. The molecule has 30 heavy (non-hydrogen) atoms. The van der Waals surface area contributed by atoms with Crippen LogP contribution in [0, 0.1) is 18.6 Å². The Morgan fingerprint density at radius 1 is 1.10 bits per heavy atom. The van der Waals surface area contributed by atoms with Crippen molar-refractivity contribution in [3.63, 3.8) is 0 Å². The highest BCUT2D eigenvalue weighted by atomic mass is 19.1. The van der Waals surface area contributed by atoms with Gasteiger partial charge in [-0.15, -0.1) is 6.58 Å². The van der Waals surface area contributed by atoms with Crippen molar-refractivity contribution in [2.45, 2.75) is 20.0 Å². The van der Waals surface area contributed by atoms with E-state index in [4.69, 9.17) is 0 Å². The van der Waals surface area contributed by atoms with Gasteiger partial charge in [-0.3, -0.25) is 9.36 Å². The van der Waals surface area contributed by atoms with E-state index in [-0.39, 0.29) is 23.4 Å². The predicted molar refractivity (Wildman–Crippen MR) is 110 cm³/mol. The van der Waals surface area contributed by atoms with E-state index in [1.807, 2.05) is 31.2 Å². The van der Waals surface area contributed by atoms with Crippen LogP contribution in [0.25, 0.3) is 16.9 Å². The van der Waals surface area contributed by atoms with Crippen LogP contribution in [0.15, 0.2) is 71.0 Å². The molecule has 2 heterocycles. The first-order valence-electron chi connectivity index (χ1n) is 9.23. The molecule has 0 aliphatic carbocycles. The minimum atomic E-state index is -0.935. The second-order valence-electron chi connectivity index (χ2n) is 6.95. The van der Waals surface area contributed by atoms with E-state index in [0.717, 1.165) is 32.4 Å². The summed E-state index contributed by atoms with van der Waals surface area (Å²) < 4.78 is 31.5. The van der Waals surface area contributed by atoms with Crippen molar-refractivity contribution in [1.29, 1.82) is 0 Å². The van der Waals surface area contributed by atoms with E-state index in [2.05, 4.69) is 11.6 Å². The summed E-state index contributed by atoms with van der Waals surface area (Å²) in [5.74, 6) is -1.71. The van der Waals surface area contributed by atoms with Crippen LogP contribution >= 0.6 is 0 Å². The summed E-state index contributed by atoms with van der Waals surface area (Å²) in [6, 6.07) is 10.6. The van der Waals surface area contributed by atoms with Crippen LogP contribution in [0.2, 0.25) is 0 Å². The van der Waals surface area contributed by atoms with Gasteiger partial charge < -0.3 is 4.57 Å². The number of rotatable bonds is 5. The molecule has 0 amide bonds. The lowest BCUT2D eigenvalue weighted by molar-refractivity contribution is 0.573. The quantitative estimate of drug-likeness (QED) is 0.477. The molecule has 8 heteroatoms. The fraction of sp³-hybridized carbons (Fsp3) is 0.136. The molecule has 0 N–H and O–H groups in total. The van der Waals surface area contributed by atoms with Gasteiger partial charge in [-0.25, -0.2) is 23.1 Å². The van der Waals surface area contributed by atoms with E-state index in [0.29, 0.717) is 12.6 Å². The van der Waals surface area contributed by atoms with Gasteiger partial charge in [0.05, 0.1) is 12.0 Å². The van der Waals surface area contributed by atoms with Crippen LogP contribution in [0.5, 0.6) is 0 Å². The normalized spacial score (nSPS) is 11.2. The van der Waals surface area contributed by atoms with E-state index in [1.54, 1.807) is 4.57 Å². The average molecular weight is 408 g/mol. The Balaban J connectivity index is 2.01. The lowest BCUT2D eigenvalue weighted by Crippen LogP contribution is -2.40. The van der Waals surface area contributed by atoms with Gasteiger partial charge in [0, 0.05) is 19.2 Å². The molecule has 6 nitrogen and oxygen atoms in total. The average Bonchev–Trinajstić information content (AvgIpc) is 3.12. The number of fused-ring (bicyclic) bond motifs is 1. The Hall–Kier alpha value is -3.81. The van der Waals surface area contributed by atoms with Crippen molar-refractivity contribution in [1.82, 2.24) is 18.7 Å². The van der Waals surface area contributed by atoms with Gasteiger partial charge >= 0.3 is 5.69 Å². The van der Waals surface area contributed by atoms with Crippen LogP contribution in [0.4, 0.5) is 8.78 Å². The molecule has 152 valence electrons. The third-order valence-electron chi connectivity index (χ3n) is 4.84.